The van der Waals surface area contributed by atoms with Crippen molar-refractivity contribution in [2.45, 2.75) is 38.0 Å². The maximum atomic E-state index is 13.3. The highest BCUT2D eigenvalue weighted by atomic mass is 32.1. The fourth-order valence-corrected chi connectivity index (χ4v) is 5.86. The fourth-order valence-electron chi connectivity index (χ4n) is 5.14. The number of carbonyl (C=O) groups excluding carboxylic acids is 3. The van der Waals surface area contributed by atoms with Gasteiger partial charge in [0.05, 0.1) is 31.8 Å². The van der Waals surface area contributed by atoms with E-state index in [-0.39, 0.29) is 43.2 Å². The second-order valence-electron chi connectivity index (χ2n) is 10.3. The lowest BCUT2D eigenvalue weighted by Crippen LogP contribution is -2.45. The van der Waals surface area contributed by atoms with Crippen LogP contribution in [0.25, 0.3) is 4.96 Å². The fraction of sp³-hybridized carbons (Fsp3) is 0.333. The van der Waals surface area contributed by atoms with Gasteiger partial charge < -0.3 is 29.7 Å². The number of hydrogen-bond donors (Lipinski definition) is 2. The lowest BCUT2D eigenvalue weighted by atomic mass is 10.1. The zero-order chi connectivity index (χ0) is 29.1. The van der Waals surface area contributed by atoms with Gasteiger partial charge in [-0.05, 0) is 41.8 Å². The van der Waals surface area contributed by atoms with Gasteiger partial charge in [-0.1, -0.05) is 18.2 Å². The number of fused-ring (bicyclic) bond motifs is 1. The van der Waals surface area contributed by atoms with Gasteiger partial charge in [-0.25, -0.2) is 4.98 Å². The number of thiazole rings is 1. The molecular weight excluding hydrogens is 558 g/mol. The molecule has 0 aliphatic carbocycles. The lowest BCUT2D eigenvalue weighted by Gasteiger charge is -2.21. The van der Waals surface area contributed by atoms with Crippen LogP contribution < -0.4 is 24.8 Å². The summed E-state index contributed by atoms with van der Waals surface area (Å²) in [6.07, 6.45) is 4.23. The van der Waals surface area contributed by atoms with Crippen molar-refractivity contribution in [2.24, 2.45) is 0 Å². The van der Waals surface area contributed by atoms with Gasteiger partial charge >= 0.3 is 0 Å². The predicted molar refractivity (Wildman–Crippen MR) is 155 cm³/mol. The van der Waals surface area contributed by atoms with Gasteiger partial charge in [-0.2, -0.15) is 0 Å². The van der Waals surface area contributed by atoms with E-state index in [1.54, 1.807) is 11.0 Å². The maximum Gasteiger partial charge on any atom is 0.258 e. The summed E-state index contributed by atoms with van der Waals surface area (Å²) in [5, 5.41) is 7.90. The Balaban J connectivity index is 1.20. The molecule has 0 spiro atoms. The Morgan fingerprint density at radius 2 is 1.93 bits per heavy atom. The minimum Gasteiger partial charge on any atom is -0.493 e. The molecule has 5 aliphatic heterocycles. The zero-order valence-corrected chi connectivity index (χ0v) is 23.9. The molecule has 4 aromatic rings. The van der Waals surface area contributed by atoms with Crippen molar-refractivity contribution in [3.05, 3.63) is 77.1 Å². The molecule has 2 aromatic heterocycles. The molecule has 12 heteroatoms. The summed E-state index contributed by atoms with van der Waals surface area (Å²) >= 11 is 1.52. The maximum absolute atomic E-state index is 13.3. The van der Waals surface area contributed by atoms with Gasteiger partial charge in [-0.15, -0.1) is 11.3 Å². The second-order valence-corrected chi connectivity index (χ2v) is 11.2. The molecule has 11 nitrogen and oxygen atoms in total. The van der Waals surface area contributed by atoms with Gasteiger partial charge in [0.1, 0.15) is 11.9 Å². The summed E-state index contributed by atoms with van der Waals surface area (Å²) in [5.74, 6) is 1.08. The van der Waals surface area contributed by atoms with Crippen LogP contribution in [-0.2, 0) is 33.8 Å². The molecule has 3 amide bonds. The van der Waals surface area contributed by atoms with Crippen molar-refractivity contribution in [2.75, 3.05) is 26.8 Å². The number of nitrogens with zero attached hydrogens (tertiary/aromatic N) is 3. The van der Waals surface area contributed by atoms with Crippen LogP contribution in [0.5, 0.6) is 17.2 Å². The first-order chi connectivity index (χ1) is 20.4. The summed E-state index contributed by atoms with van der Waals surface area (Å²) in [6.45, 7) is 0.843. The quantitative estimate of drug-likeness (QED) is 0.376. The monoisotopic (exact) mass is 589 g/mol. The number of methoxy groups -OCH3 is 1. The number of aryl methyl sites for hydroxylation is 1. The third-order valence-electron chi connectivity index (χ3n) is 7.37. The number of carbonyl (C=O) groups is 3. The van der Waals surface area contributed by atoms with E-state index in [0.29, 0.717) is 49.0 Å². The number of rotatable bonds is 3. The first-order valence-corrected chi connectivity index (χ1v) is 14.6. The van der Waals surface area contributed by atoms with E-state index in [1.165, 1.54) is 18.4 Å². The lowest BCUT2D eigenvalue weighted by molar-refractivity contribution is -0.130. The van der Waals surface area contributed by atoms with Gasteiger partial charge in [-0.3, -0.25) is 18.8 Å². The topological polar surface area (TPSA) is 124 Å². The Bertz CT molecular complexity index is 1570. The Kier molecular flexibility index (Phi) is 7.95. The molecular formula is C30H31N5O6S. The number of aromatic nitrogens is 2. The van der Waals surface area contributed by atoms with Crippen molar-refractivity contribution >= 4 is 34.0 Å². The summed E-state index contributed by atoms with van der Waals surface area (Å²) in [5.41, 5.74) is 2.49. The second kappa shape index (κ2) is 12.1. The molecule has 1 fully saturated rings. The van der Waals surface area contributed by atoms with Crippen LogP contribution >= 0.6 is 11.3 Å². The smallest absolute Gasteiger partial charge is 0.258 e. The zero-order valence-electron chi connectivity index (χ0n) is 23.1. The van der Waals surface area contributed by atoms with Crippen molar-refractivity contribution in [1.82, 2.24) is 24.9 Å². The third kappa shape index (κ3) is 6.33. The molecule has 2 aromatic carbocycles. The summed E-state index contributed by atoms with van der Waals surface area (Å²) < 4.78 is 19.3. The van der Waals surface area contributed by atoms with E-state index in [4.69, 9.17) is 14.2 Å². The van der Waals surface area contributed by atoms with Crippen LogP contribution in [0.15, 0.2) is 60.2 Å². The summed E-state index contributed by atoms with van der Waals surface area (Å²) in [4.78, 5) is 45.8. The highest BCUT2D eigenvalue weighted by Gasteiger charge is 2.38. The predicted octanol–water partition coefficient (Wildman–Crippen LogP) is 2.36. The SMILES string of the molecule is COc1cc2ccc1OCC(=O)NCc1ccc(cc1)O[C@H]1CN(C(=O)Cc3cn4ccsc4n3)C[C@@H]1NC(=O)CC2. The van der Waals surface area contributed by atoms with Gasteiger partial charge in [0.2, 0.25) is 11.8 Å². The molecule has 4 bridgehead atoms. The van der Waals surface area contributed by atoms with Crippen molar-refractivity contribution < 1.29 is 28.6 Å². The first-order valence-electron chi connectivity index (χ1n) is 13.7. The molecule has 0 unspecified atom stereocenters. The third-order valence-corrected chi connectivity index (χ3v) is 8.14. The standard InChI is InChI=1S/C30H31N5O6S/c1-39-25-12-19-4-8-24(25)40-18-28(37)31-14-20-2-6-22(7-3-20)41-26-17-35(16-23(26)33-27(36)9-5-19)29(38)13-21-15-34-10-11-42-30(34)32-21/h2-4,6-8,10-12,15,23,26H,5,9,13-14,16-18H2,1H3,(H,31,37)(H,33,36)/t23-,26-/m0/s1. The number of benzene rings is 2. The van der Waals surface area contributed by atoms with Crippen LogP contribution in [0.2, 0.25) is 0 Å². The Labute approximate surface area is 246 Å². The minimum absolute atomic E-state index is 0.0721. The Hall–Kier alpha value is -4.58. The van der Waals surface area contributed by atoms with Crippen LogP contribution in [-0.4, -0.2) is 71.0 Å². The van der Waals surface area contributed by atoms with Crippen LogP contribution in [0, 0.1) is 0 Å². The van der Waals surface area contributed by atoms with Gasteiger partial charge in [0, 0.05) is 37.3 Å². The van der Waals surface area contributed by atoms with E-state index in [9.17, 15) is 14.4 Å². The summed E-state index contributed by atoms with van der Waals surface area (Å²) in [7, 11) is 1.53. The molecule has 0 saturated carbocycles. The van der Waals surface area contributed by atoms with Crippen LogP contribution in [0.4, 0.5) is 0 Å². The van der Waals surface area contributed by atoms with Gasteiger partial charge in [0.25, 0.3) is 5.91 Å². The minimum atomic E-state index is -0.434. The number of likely N-dealkylation sites (tertiary alicyclic amines) is 1. The first kappa shape index (κ1) is 27.6. The number of imidazole rings is 1. The molecule has 218 valence electrons. The summed E-state index contributed by atoms with van der Waals surface area (Å²) in [6, 6.07) is 12.4. The molecule has 9 rings (SSSR count). The van der Waals surface area contributed by atoms with E-state index >= 15 is 0 Å². The Morgan fingerprint density at radius 1 is 1.10 bits per heavy atom. The molecule has 0 radical (unpaired) electrons. The number of ether oxygens (including phenoxy) is 3. The average molecular weight is 590 g/mol. The molecule has 2 atom stereocenters. The largest absolute Gasteiger partial charge is 0.493 e. The number of hydrogen-bond acceptors (Lipinski definition) is 8. The molecule has 42 heavy (non-hydrogen) atoms. The highest BCUT2D eigenvalue weighted by Crippen LogP contribution is 2.29. The highest BCUT2D eigenvalue weighted by molar-refractivity contribution is 7.15. The molecule has 1 saturated heterocycles. The average Bonchev–Trinajstić information content (AvgIpc) is 3.70. The van der Waals surface area contributed by atoms with Crippen LogP contribution in [0.1, 0.15) is 23.2 Å². The Morgan fingerprint density at radius 3 is 2.74 bits per heavy atom. The molecule has 5 aliphatic rings. The van der Waals surface area contributed by atoms with Gasteiger partial charge in [0.15, 0.2) is 23.1 Å². The van der Waals surface area contributed by atoms with Crippen molar-refractivity contribution in [3.63, 3.8) is 0 Å². The molecule has 7 heterocycles. The van der Waals surface area contributed by atoms with Crippen molar-refractivity contribution in [1.29, 1.82) is 0 Å². The van der Waals surface area contributed by atoms with E-state index in [0.717, 1.165) is 16.1 Å². The number of amides is 3. The van der Waals surface area contributed by atoms with Crippen molar-refractivity contribution in [3.8, 4) is 17.2 Å². The van der Waals surface area contributed by atoms with E-state index in [1.807, 2.05) is 58.6 Å². The molecule has 2 N–H and O–H groups in total. The van der Waals surface area contributed by atoms with Crippen LogP contribution in [0.3, 0.4) is 0 Å². The van der Waals surface area contributed by atoms with E-state index in [2.05, 4.69) is 15.6 Å². The number of nitrogens with one attached hydrogen (secondary N) is 2. The normalized spacial score (nSPS) is 19.5. The van der Waals surface area contributed by atoms with E-state index < -0.39 is 6.10 Å².